The molecule has 1 rings (SSSR count). The van der Waals surface area contributed by atoms with E-state index in [2.05, 4.69) is 19.2 Å². The summed E-state index contributed by atoms with van der Waals surface area (Å²) in [5, 5.41) is 3.50. The molecule has 0 unspecified atom stereocenters. The third kappa shape index (κ3) is 2.80. The van der Waals surface area contributed by atoms with Gasteiger partial charge in [-0.1, -0.05) is 0 Å². The highest BCUT2D eigenvalue weighted by molar-refractivity contribution is 4.94. The van der Waals surface area contributed by atoms with Crippen molar-refractivity contribution in [3.8, 4) is 0 Å². The fraction of sp³-hybridized carbons (Fsp3) is 1.00. The lowest BCUT2D eigenvalue weighted by Gasteiger charge is -2.25. The molecule has 0 aromatic carbocycles. The van der Waals surface area contributed by atoms with Gasteiger partial charge < -0.3 is 10.1 Å². The average molecular weight is 157 g/mol. The molecular weight excluding hydrogens is 138 g/mol. The number of hydrogen-bond donors (Lipinski definition) is 1. The van der Waals surface area contributed by atoms with Crippen LogP contribution in [0.25, 0.3) is 0 Å². The van der Waals surface area contributed by atoms with E-state index < -0.39 is 0 Å². The molecule has 0 heterocycles. The minimum absolute atomic E-state index is 0.332. The summed E-state index contributed by atoms with van der Waals surface area (Å²) >= 11 is 0. The van der Waals surface area contributed by atoms with Crippen LogP contribution in [0.15, 0.2) is 0 Å². The Hall–Kier alpha value is -0.0800. The fourth-order valence-electron chi connectivity index (χ4n) is 1.42. The van der Waals surface area contributed by atoms with Crippen molar-refractivity contribution < 1.29 is 4.74 Å². The van der Waals surface area contributed by atoms with E-state index in [1.807, 2.05) is 0 Å². The quantitative estimate of drug-likeness (QED) is 0.609. The van der Waals surface area contributed by atoms with Crippen molar-refractivity contribution in [1.29, 1.82) is 0 Å². The zero-order valence-electron chi connectivity index (χ0n) is 7.81. The Morgan fingerprint density at radius 1 is 1.45 bits per heavy atom. The number of hydrogen-bond acceptors (Lipinski definition) is 2. The number of ether oxygens (including phenoxy) is 1. The van der Waals surface area contributed by atoms with Crippen LogP contribution in [-0.4, -0.2) is 25.8 Å². The topological polar surface area (TPSA) is 21.3 Å². The zero-order valence-corrected chi connectivity index (χ0v) is 7.81. The van der Waals surface area contributed by atoms with Crippen LogP contribution in [0.2, 0.25) is 0 Å². The number of rotatable bonds is 5. The Bertz CT molecular complexity index is 119. The van der Waals surface area contributed by atoms with Crippen LogP contribution in [0.1, 0.15) is 26.7 Å². The normalized spacial score (nSPS) is 18.8. The van der Waals surface area contributed by atoms with Crippen LogP contribution in [0.5, 0.6) is 0 Å². The summed E-state index contributed by atoms with van der Waals surface area (Å²) in [5.74, 6) is 0.902. The van der Waals surface area contributed by atoms with Gasteiger partial charge in [0.1, 0.15) is 0 Å². The van der Waals surface area contributed by atoms with Gasteiger partial charge in [0.25, 0.3) is 0 Å². The monoisotopic (exact) mass is 157 g/mol. The van der Waals surface area contributed by atoms with Crippen molar-refractivity contribution in [2.24, 2.45) is 5.92 Å². The first-order valence-corrected chi connectivity index (χ1v) is 4.41. The lowest BCUT2D eigenvalue weighted by Crippen LogP contribution is -2.42. The Labute approximate surface area is 69.3 Å². The summed E-state index contributed by atoms with van der Waals surface area (Å²) in [6, 6.07) is 0. The highest BCUT2D eigenvalue weighted by Crippen LogP contribution is 2.38. The van der Waals surface area contributed by atoms with E-state index in [0.29, 0.717) is 5.54 Å². The highest BCUT2D eigenvalue weighted by atomic mass is 16.5. The predicted octanol–water partition coefficient (Wildman–Crippen LogP) is 1.41. The van der Waals surface area contributed by atoms with Gasteiger partial charge in [-0.25, -0.2) is 0 Å². The highest BCUT2D eigenvalue weighted by Gasteiger charge is 2.36. The smallest absolute Gasteiger partial charge is 0.0587 e. The van der Waals surface area contributed by atoms with Crippen molar-refractivity contribution in [2.45, 2.75) is 32.2 Å². The molecule has 1 aliphatic rings. The SMILES string of the molecule is COCCNC(C)(C)C1CC1. The molecule has 0 aromatic rings. The van der Waals surface area contributed by atoms with Gasteiger partial charge in [-0.2, -0.15) is 0 Å². The molecule has 0 aromatic heterocycles. The molecule has 0 spiro atoms. The minimum Gasteiger partial charge on any atom is -0.383 e. The molecule has 0 radical (unpaired) electrons. The minimum atomic E-state index is 0.332. The van der Waals surface area contributed by atoms with E-state index in [4.69, 9.17) is 4.74 Å². The van der Waals surface area contributed by atoms with Crippen LogP contribution in [0.3, 0.4) is 0 Å². The van der Waals surface area contributed by atoms with E-state index in [1.54, 1.807) is 7.11 Å². The molecule has 1 saturated carbocycles. The van der Waals surface area contributed by atoms with Gasteiger partial charge in [-0.15, -0.1) is 0 Å². The summed E-state index contributed by atoms with van der Waals surface area (Å²) < 4.78 is 4.97. The molecule has 1 aliphatic carbocycles. The molecular formula is C9H19NO. The molecule has 0 bridgehead atoms. The lowest BCUT2D eigenvalue weighted by atomic mass is 9.99. The average Bonchev–Trinajstić information content (AvgIpc) is 2.68. The third-order valence-electron chi connectivity index (χ3n) is 2.48. The van der Waals surface area contributed by atoms with E-state index in [1.165, 1.54) is 12.8 Å². The van der Waals surface area contributed by atoms with Crippen molar-refractivity contribution >= 4 is 0 Å². The molecule has 1 N–H and O–H groups in total. The van der Waals surface area contributed by atoms with Crippen LogP contribution >= 0.6 is 0 Å². The summed E-state index contributed by atoms with van der Waals surface area (Å²) in [7, 11) is 1.74. The van der Waals surface area contributed by atoms with Gasteiger partial charge in [0.05, 0.1) is 6.61 Å². The van der Waals surface area contributed by atoms with Gasteiger partial charge in [-0.3, -0.25) is 0 Å². The lowest BCUT2D eigenvalue weighted by molar-refractivity contribution is 0.185. The van der Waals surface area contributed by atoms with Gasteiger partial charge in [0.15, 0.2) is 0 Å². The molecule has 11 heavy (non-hydrogen) atoms. The second-order valence-electron chi connectivity index (χ2n) is 3.92. The zero-order chi connectivity index (χ0) is 8.32. The molecule has 1 fully saturated rings. The fourth-order valence-corrected chi connectivity index (χ4v) is 1.42. The molecule has 0 saturated heterocycles. The number of methoxy groups -OCH3 is 1. The van der Waals surface area contributed by atoms with Gasteiger partial charge in [0.2, 0.25) is 0 Å². The first kappa shape index (κ1) is 9.01. The molecule has 66 valence electrons. The maximum Gasteiger partial charge on any atom is 0.0587 e. The van der Waals surface area contributed by atoms with Gasteiger partial charge >= 0.3 is 0 Å². The second-order valence-corrected chi connectivity index (χ2v) is 3.92. The standard InChI is InChI=1S/C9H19NO/c1-9(2,8-4-5-8)10-6-7-11-3/h8,10H,4-7H2,1-3H3. The summed E-state index contributed by atoms with van der Waals surface area (Å²) in [5.41, 5.74) is 0.332. The first-order valence-electron chi connectivity index (χ1n) is 4.41. The maximum atomic E-state index is 4.97. The van der Waals surface area contributed by atoms with Crippen molar-refractivity contribution in [3.63, 3.8) is 0 Å². The third-order valence-corrected chi connectivity index (χ3v) is 2.48. The maximum absolute atomic E-state index is 4.97. The molecule has 2 nitrogen and oxygen atoms in total. The Morgan fingerprint density at radius 2 is 2.09 bits per heavy atom. The van der Waals surface area contributed by atoms with Crippen LogP contribution in [0.4, 0.5) is 0 Å². The van der Waals surface area contributed by atoms with E-state index in [0.717, 1.165) is 19.1 Å². The largest absolute Gasteiger partial charge is 0.383 e. The van der Waals surface area contributed by atoms with Gasteiger partial charge in [0, 0.05) is 19.2 Å². The summed E-state index contributed by atoms with van der Waals surface area (Å²) in [6.07, 6.45) is 2.79. The molecule has 0 atom stereocenters. The van der Waals surface area contributed by atoms with Crippen molar-refractivity contribution in [2.75, 3.05) is 20.3 Å². The summed E-state index contributed by atoms with van der Waals surface area (Å²) in [4.78, 5) is 0. The Kier molecular flexibility index (Phi) is 2.90. The van der Waals surface area contributed by atoms with E-state index in [9.17, 15) is 0 Å². The van der Waals surface area contributed by atoms with Gasteiger partial charge in [-0.05, 0) is 32.6 Å². The summed E-state index contributed by atoms with van der Waals surface area (Å²) in [6.45, 7) is 6.34. The van der Waals surface area contributed by atoms with Crippen molar-refractivity contribution in [3.05, 3.63) is 0 Å². The molecule has 2 heteroatoms. The Morgan fingerprint density at radius 3 is 2.55 bits per heavy atom. The van der Waals surface area contributed by atoms with Crippen LogP contribution in [-0.2, 0) is 4.74 Å². The van der Waals surface area contributed by atoms with E-state index in [-0.39, 0.29) is 0 Å². The van der Waals surface area contributed by atoms with E-state index >= 15 is 0 Å². The van der Waals surface area contributed by atoms with Crippen LogP contribution in [0, 0.1) is 5.92 Å². The second kappa shape index (κ2) is 3.55. The molecule has 0 aliphatic heterocycles. The predicted molar refractivity (Wildman–Crippen MR) is 46.7 cm³/mol. The van der Waals surface area contributed by atoms with Crippen molar-refractivity contribution in [1.82, 2.24) is 5.32 Å². The molecule has 0 amide bonds. The Balaban J connectivity index is 2.12. The first-order chi connectivity index (χ1) is 5.17. The number of nitrogens with one attached hydrogen (secondary N) is 1. The van der Waals surface area contributed by atoms with Crippen LogP contribution < -0.4 is 5.32 Å².